The first kappa shape index (κ1) is 60.8. The number of aromatic amines is 6. The summed E-state index contributed by atoms with van der Waals surface area (Å²) in [4.78, 5) is 93.7. The summed E-state index contributed by atoms with van der Waals surface area (Å²) in [5.74, 6) is -6.10. The molecule has 2 amide bonds. The van der Waals surface area contributed by atoms with Gasteiger partial charge in [0.1, 0.15) is 18.0 Å². The van der Waals surface area contributed by atoms with Crippen LogP contribution in [0.15, 0.2) is 165 Å². The highest BCUT2D eigenvalue weighted by atomic mass is 79.9. The normalized spacial score (nSPS) is 10.6. The van der Waals surface area contributed by atoms with E-state index < -0.39 is 46.6 Å². The SMILES string of the molecule is N#Cc1cnc(F)c(C(=O)NCc2ccc(F)c(F)c2)c1.N#Cc1cnc(NCc2ccc(-c3cnc4[nH]c(=O)[nH]c4c3)cc2)c(C(=O)NCc2ccc(F)c(F)c2)c1.NCc1ccc(-c2cnc3[nH]c(=O)[nH]c3c2)cc1.O=c1[nH]c2cc(Br)cnc2[nH]1. The number of aromatic nitrogens is 11. The molecule has 22 nitrogen and oxygen atoms in total. The maximum atomic E-state index is 13.5. The maximum absolute atomic E-state index is 13.5. The van der Waals surface area contributed by atoms with Crippen LogP contribution >= 0.6 is 15.9 Å². The summed E-state index contributed by atoms with van der Waals surface area (Å²) in [6.07, 6.45) is 7.40. The second kappa shape index (κ2) is 27.8. The van der Waals surface area contributed by atoms with Crippen LogP contribution in [0.2, 0.25) is 0 Å². The van der Waals surface area contributed by atoms with Gasteiger partial charge in [-0.05, 0) is 104 Å². The summed E-state index contributed by atoms with van der Waals surface area (Å²) in [7, 11) is 0. The van der Waals surface area contributed by atoms with Gasteiger partial charge in [-0.25, -0.2) is 56.9 Å². The van der Waals surface area contributed by atoms with Crippen LogP contribution in [0.3, 0.4) is 0 Å². The third-order valence-electron chi connectivity index (χ3n) is 12.7. The molecule has 440 valence electrons. The number of nitrogens with two attached hydrogens (primary N) is 1. The maximum Gasteiger partial charge on any atom is 0.325 e. The average Bonchev–Trinajstić information content (AvgIpc) is 2.93. The number of imidazole rings is 3. The Morgan fingerprint density at radius 2 is 0.898 bits per heavy atom. The number of hydrogen-bond donors (Lipinski definition) is 10. The van der Waals surface area contributed by atoms with E-state index in [1.54, 1.807) is 30.7 Å². The van der Waals surface area contributed by atoms with E-state index in [2.05, 4.69) is 86.7 Å². The number of anilines is 1. The minimum Gasteiger partial charge on any atom is -0.365 e. The van der Waals surface area contributed by atoms with Crippen LogP contribution in [0, 0.1) is 51.9 Å². The summed E-state index contributed by atoms with van der Waals surface area (Å²) in [5.41, 5.74) is 14.8. The van der Waals surface area contributed by atoms with Crippen molar-refractivity contribution in [2.75, 3.05) is 5.32 Å². The number of nitriles is 2. The molecule has 28 heteroatoms. The molecule has 0 radical (unpaired) electrons. The molecule has 88 heavy (non-hydrogen) atoms. The van der Waals surface area contributed by atoms with Crippen LogP contribution < -0.4 is 38.8 Å². The molecule has 0 saturated carbocycles. The van der Waals surface area contributed by atoms with Crippen molar-refractivity contribution in [2.45, 2.75) is 26.2 Å². The Balaban J connectivity index is 0.000000155. The number of hydrogen-bond acceptors (Lipinski definition) is 14. The number of carbonyl (C=O) groups excluding carboxylic acids is 2. The Bertz CT molecular complexity index is 4820. The highest BCUT2D eigenvalue weighted by Crippen LogP contribution is 2.24. The number of benzene rings is 4. The van der Waals surface area contributed by atoms with Gasteiger partial charge in [-0.15, -0.1) is 0 Å². The van der Waals surface area contributed by atoms with Crippen LogP contribution in [0.1, 0.15) is 54.1 Å². The van der Waals surface area contributed by atoms with E-state index in [1.165, 1.54) is 24.4 Å². The zero-order valence-corrected chi connectivity index (χ0v) is 46.8. The minimum atomic E-state index is -1.04. The predicted molar refractivity (Wildman–Crippen MR) is 317 cm³/mol. The van der Waals surface area contributed by atoms with Crippen LogP contribution in [-0.2, 0) is 26.2 Å². The van der Waals surface area contributed by atoms with Crippen molar-refractivity contribution in [3.63, 3.8) is 0 Å². The zero-order valence-electron chi connectivity index (χ0n) is 45.2. The molecule has 8 aromatic heterocycles. The van der Waals surface area contributed by atoms with Gasteiger partial charge in [0.15, 0.2) is 40.2 Å². The Morgan fingerprint density at radius 3 is 1.38 bits per heavy atom. The van der Waals surface area contributed by atoms with Crippen LogP contribution in [0.25, 0.3) is 55.7 Å². The monoisotopic (exact) mass is 1260 g/mol. The van der Waals surface area contributed by atoms with Crippen molar-refractivity contribution in [3.05, 3.63) is 256 Å². The first-order valence-electron chi connectivity index (χ1n) is 25.8. The fourth-order valence-corrected chi connectivity index (χ4v) is 8.58. The molecule has 11 N–H and O–H groups in total. The molecule has 12 aromatic rings. The smallest absolute Gasteiger partial charge is 0.325 e. The van der Waals surface area contributed by atoms with Gasteiger partial charge in [-0.2, -0.15) is 14.9 Å². The Kier molecular flexibility index (Phi) is 19.2. The molecule has 0 spiro atoms. The molecule has 0 atom stereocenters. The number of H-pyrrole nitrogens is 6. The van der Waals surface area contributed by atoms with Crippen molar-refractivity contribution in [1.82, 2.24) is 65.5 Å². The Hall–Kier alpha value is -11.8. The van der Waals surface area contributed by atoms with Gasteiger partial charge in [0.2, 0.25) is 5.95 Å². The molecule has 12 rings (SSSR count). The third kappa shape index (κ3) is 15.5. The van der Waals surface area contributed by atoms with Crippen molar-refractivity contribution in [1.29, 1.82) is 10.5 Å². The second-order valence-electron chi connectivity index (χ2n) is 18.7. The van der Waals surface area contributed by atoms with Gasteiger partial charge >= 0.3 is 17.1 Å². The van der Waals surface area contributed by atoms with Crippen LogP contribution in [0.5, 0.6) is 0 Å². The van der Waals surface area contributed by atoms with E-state index in [4.69, 9.17) is 11.0 Å². The quantitative estimate of drug-likeness (QED) is 0.0404. The van der Waals surface area contributed by atoms with Gasteiger partial charge in [0, 0.05) is 72.8 Å². The lowest BCUT2D eigenvalue weighted by Gasteiger charge is -2.12. The van der Waals surface area contributed by atoms with E-state index in [0.29, 0.717) is 57.7 Å². The largest absolute Gasteiger partial charge is 0.365 e. The number of fused-ring (bicyclic) bond motifs is 3. The summed E-state index contributed by atoms with van der Waals surface area (Å²) in [6, 6.07) is 33.8. The number of rotatable bonds is 12. The first-order valence-corrected chi connectivity index (χ1v) is 26.6. The topological polar surface area (TPSA) is 354 Å². The molecule has 4 aromatic carbocycles. The minimum absolute atomic E-state index is 0.0365. The van der Waals surface area contributed by atoms with E-state index in [-0.39, 0.29) is 52.7 Å². The number of halogens is 6. The van der Waals surface area contributed by atoms with Crippen LogP contribution in [-0.4, -0.2) is 66.6 Å². The number of nitrogens with zero attached hydrogens (tertiary/aromatic N) is 7. The van der Waals surface area contributed by atoms with Crippen LogP contribution in [0.4, 0.5) is 27.8 Å². The van der Waals surface area contributed by atoms with E-state index in [1.807, 2.05) is 66.7 Å². The summed E-state index contributed by atoms with van der Waals surface area (Å²) >= 11 is 3.24. The van der Waals surface area contributed by atoms with Crippen molar-refractivity contribution in [2.24, 2.45) is 5.73 Å². The second-order valence-corrected chi connectivity index (χ2v) is 19.7. The lowest BCUT2D eigenvalue weighted by Crippen LogP contribution is -2.24. The van der Waals surface area contributed by atoms with E-state index in [0.717, 1.165) is 74.4 Å². The number of pyridine rings is 5. The molecule has 0 aliphatic carbocycles. The Labute approximate surface area is 500 Å². The van der Waals surface area contributed by atoms with E-state index in [9.17, 15) is 51.2 Å². The van der Waals surface area contributed by atoms with Crippen molar-refractivity contribution in [3.8, 4) is 34.4 Å². The summed E-state index contributed by atoms with van der Waals surface area (Å²) in [6.45, 7) is 0.713. The third-order valence-corrected chi connectivity index (χ3v) is 13.1. The van der Waals surface area contributed by atoms with Gasteiger partial charge in [-0.3, -0.25) is 24.5 Å². The molecule has 8 heterocycles. The first-order chi connectivity index (χ1) is 42.4. The molecule has 0 unspecified atom stereocenters. The highest BCUT2D eigenvalue weighted by molar-refractivity contribution is 9.10. The standard InChI is InChI=1S/C27H19F2N7O2.C14H8F3N3O.C13H12N4O.C6H4BrN3O/c28-21-6-3-16(8-22(21)29)12-34-26(37)20-7-17(10-30)13-32-24(20)31-11-15-1-4-18(5-2-15)19-9-23-25(33-14-19)36-27(38)35-23;15-11-2-1-8(4-12(11)16)6-20-14(21)10-3-9(5-18)7-19-13(10)17;14-6-8-1-3-9(4-2-8)10-5-11-12(15-7-10)17-13(18)16-11;7-3-1-4-5(8-2-3)10-6(11)9-4/h1-9,13-14H,11-12H2,(H,31,32)(H,34,37)(H2,33,35,36,38);1-4,7H,6H2,(H,20,21);1-5,7H,6,14H2,(H2,15,16,17,18);1-2H,(H2,8,9,10,11). The fourth-order valence-electron chi connectivity index (χ4n) is 8.25. The lowest BCUT2D eigenvalue weighted by molar-refractivity contribution is 0.0940. The molecule has 0 bridgehead atoms. The number of amides is 2. The number of carbonyl (C=O) groups is 2. The van der Waals surface area contributed by atoms with Gasteiger partial charge in [-0.1, -0.05) is 60.7 Å². The zero-order chi connectivity index (χ0) is 62.4. The van der Waals surface area contributed by atoms with Gasteiger partial charge < -0.3 is 36.6 Å². The predicted octanol–water partition coefficient (Wildman–Crippen LogP) is 8.70. The van der Waals surface area contributed by atoms with Crippen molar-refractivity contribution < 1.29 is 31.5 Å². The van der Waals surface area contributed by atoms with Crippen molar-refractivity contribution >= 4 is 67.1 Å². The Morgan fingerprint density at radius 1 is 0.466 bits per heavy atom. The molecular weight excluding hydrogens is 1210 g/mol. The fraction of sp³-hybridized carbons (Fsp3) is 0.0667. The molecule has 0 saturated heterocycles. The number of nitrogens with one attached hydrogen (secondary N) is 9. The lowest BCUT2D eigenvalue weighted by atomic mass is 10.1. The van der Waals surface area contributed by atoms with Gasteiger partial charge in [0.25, 0.3) is 11.8 Å². The molecule has 0 fully saturated rings. The summed E-state index contributed by atoms with van der Waals surface area (Å²) < 4.78 is 66.6. The molecular formula is C60H43BrF5N17O5. The molecule has 0 aliphatic heterocycles. The molecule has 0 aliphatic rings. The summed E-state index contributed by atoms with van der Waals surface area (Å²) in [5, 5.41) is 26.0. The van der Waals surface area contributed by atoms with E-state index >= 15 is 0 Å². The average molecular weight is 1260 g/mol. The highest BCUT2D eigenvalue weighted by Gasteiger charge is 2.17. The van der Waals surface area contributed by atoms with Gasteiger partial charge in [0.05, 0.1) is 38.8 Å².